The molecule has 0 amide bonds. The van der Waals surface area contributed by atoms with E-state index in [4.69, 9.17) is 27.9 Å². The molecule has 0 N–H and O–H groups in total. The molecule has 0 radical (unpaired) electrons. The van der Waals surface area contributed by atoms with Gasteiger partial charge in [-0.05, 0) is 37.1 Å². The third kappa shape index (κ3) is 2.28. The van der Waals surface area contributed by atoms with E-state index in [-0.39, 0.29) is 0 Å². The molecule has 1 aromatic heterocycles. The number of hydrogen-bond donors (Lipinski definition) is 0. The van der Waals surface area contributed by atoms with Crippen molar-refractivity contribution in [3.8, 4) is 17.0 Å². The normalized spacial score (nSPS) is 10.5. The van der Waals surface area contributed by atoms with Crippen LogP contribution in [0.1, 0.15) is 11.1 Å². The molecule has 0 unspecified atom stereocenters. The van der Waals surface area contributed by atoms with Crippen LogP contribution in [0.4, 0.5) is 0 Å². The van der Waals surface area contributed by atoms with Crippen LogP contribution in [-0.4, -0.2) is 17.3 Å². The summed E-state index contributed by atoms with van der Waals surface area (Å²) in [7, 11) is 1.58. The van der Waals surface area contributed by atoms with Crippen molar-refractivity contribution >= 4 is 23.2 Å². The second kappa shape index (κ2) is 5.12. The summed E-state index contributed by atoms with van der Waals surface area (Å²) >= 11 is 11.9. The summed E-state index contributed by atoms with van der Waals surface area (Å²) in [6.07, 6.45) is 0. The van der Waals surface area contributed by atoms with Gasteiger partial charge in [0, 0.05) is 5.56 Å². The fraction of sp³-hybridized carbons (Fsp3) is 0.231. The second-order valence-corrected chi connectivity index (χ2v) is 4.70. The van der Waals surface area contributed by atoms with Crippen molar-refractivity contribution in [2.24, 2.45) is 0 Å². The number of methoxy groups -OCH3 is 1. The summed E-state index contributed by atoms with van der Waals surface area (Å²) in [5, 5.41) is 9.06. The summed E-state index contributed by atoms with van der Waals surface area (Å²) in [6.45, 7) is 3.88. The fourth-order valence-electron chi connectivity index (χ4n) is 1.66. The third-order valence-electron chi connectivity index (χ3n) is 2.89. The van der Waals surface area contributed by atoms with E-state index >= 15 is 0 Å². The minimum atomic E-state index is 0.428. The lowest BCUT2D eigenvalue weighted by Gasteiger charge is -2.10. The minimum Gasteiger partial charge on any atom is -0.495 e. The Balaban J connectivity index is 2.59. The first-order chi connectivity index (χ1) is 8.54. The van der Waals surface area contributed by atoms with Gasteiger partial charge in [-0.15, -0.1) is 10.2 Å². The van der Waals surface area contributed by atoms with Crippen LogP contribution in [0.25, 0.3) is 11.3 Å². The lowest BCUT2D eigenvalue weighted by atomic mass is 10.0. The van der Waals surface area contributed by atoms with Gasteiger partial charge in [-0.1, -0.05) is 29.3 Å². The molecule has 0 aliphatic carbocycles. The topological polar surface area (TPSA) is 35.0 Å². The van der Waals surface area contributed by atoms with E-state index in [9.17, 15) is 0 Å². The van der Waals surface area contributed by atoms with Gasteiger partial charge in [0.15, 0.2) is 5.15 Å². The first kappa shape index (κ1) is 13.1. The Morgan fingerprint density at radius 3 is 2.44 bits per heavy atom. The van der Waals surface area contributed by atoms with Crippen molar-refractivity contribution in [1.82, 2.24) is 10.2 Å². The van der Waals surface area contributed by atoms with Crippen LogP contribution < -0.4 is 4.74 Å². The summed E-state index contributed by atoms with van der Waals surface area (Å²) in [6, 6.07) is 5.50. The highest BCUT2D eigenvalue weighted by Crippen LogP contribution is 2.32. The molecule has 0 spiro atoms. The molecule has 18 heavy (non-hydrogen) atoms. The predicted octanol–water partition coefficient (Wildman–Crippen LogP) is 4.08. The van der Waals surface area contributed by atoms with E-state index in [1.54, 1.807) is 13.2 Å². The third-order valence-corrected chi connectivity index (χ3v) is 3.56. The molecule has 0 aliphatic heterocycles. The molecule has 0 atom stereocenters. The van der Waals surface area contributed by atoms with Crippen molar-refractivity contribution in [3.63, 3.8) is 0 Å². The zero-order valence-electron chi connectivity index (χ0n) is 10.3. The molecular formula is C13H12Cl2N2O. The zero-order chi connectivity index (χ0) is 13.3. The highest BCUT2D eigenvalue weighted by Gasteiger charge is 2.12. The number of ether oxygens (including phenoxy) is 1. The molecule has 0 saturated heterocycles. The van der Waals surface area contributed by atoms with Crippen LogP contribution in [0.15, 0.2) is 18.2 Å². The van der Waals surface area contributed by atoms with E-state index in [0.717, 1.165) is 22.4 Å². The Morgan fingerprint density at radius 1 is 1.06 bits per heavy atom. The van der Waals surface area contributed by atoms with E-state index in [1.807, 2.05) is 26.0 Å². The maximum atomic E-state index is 6.00. The lowest BCUT2D eigenvalue weighted by Crippen LogP contribution is -1.97. The summed E-state index contributed by atoms with van der Waals surface area (Å²) < 4.78 is 5.19. The van der Waals surface area contributed by atoms with Crippen molar-refractivity contribution in [2.45, 2.75) is 13.8 Å². The Labute approximate surface area is 116 Å². The number of hydrogen-bond acceptors (Lipinski definition) is 3. The maximum absolute atomic E-state index is 6.00. The number of benzene rings is 1. The van der Waals surface area contributed by atoms with Gasteiger partial charge in [-0.25, -0.2) is 0 Å². The number of aromatic nitrogens is 2. The standard InChI is InChI=1S/C13H12Cl2N2O/c1-7-8(2)13(15)17-16-12(7)9-4-5-10(14)11(6-9)18-3/h4-6H,1-3H3. The summed E-state index contributed by atoms with van der Waals surface area (Å²) in [4.78, 5) is 0. The number of nitrogens with zero attached hydrogens (tertiary/aromatic N) is 2. The Hall–Kier alpha value is -1.32. The summed E-state index contributed by atoms with van der Waals surface area (Å²) in [5.74, 6) is 0.614. The molecule has 1 heterocycles. The SMILES string of the molecule is COc1cc(-c2nnc(Cl)c(C)c2C)ccc1Cl. The van der Waals surface area contributed by atoms with Gasteiger partial charge in [0.2, 0.25) is 0 Å². The monoisotopic (exact) mass is 282 g/mol. The minimum absolute atomic E-state index is 0.428. The molecule has 3 nitrogen and oxygen atoms in total. The Bertz CT molecular complexity index is 600. The van der Waals surface area contributed by atoms with Gasteiger partial charge in [0.1, 0.15) is 5.75 Å². The molecular weight excluding hydrogens is 271 g/mol. The van der Waals surface area contributed by atoms with Crippen molar-refractivity contribution in [3.05, 3.63) is 39.5 Å². The van der Waals surface area contributed by atoms with Crippen LogP contribution in [-0.2, 0) is 0 Å². The van der Waals surface area contributed by atoms with E-state index in [0.29, 0.717) is 15.9 Å². The molecule has 2 rings (SSSR count). The fourth-order valence-corrected chi connectivity index (χ4v) is 2.03. The van der Waals surface area contributed by atoms with Crippen LogP contribution >= 0.6 is 23.2 Å². The highest BCUT2D eigenvalue weighted by atomic mass is 35.5. The zero-order valence-corrected chi connectivity index (χ0v) is 11.8. The quantitative estimate of drug-likeness (QED) is 0.833. The molecule has 94 valence electrons. The van der Waals surface area contributed by atoms with Crippen molar-refractivity contribution in [2.75, 3.05) is 7.11 Å². The molecule has 0 bridgehead atoms. The summed E-state index contributed by atoms with van der Waals surface area (Å²) in [5.41, 5.74) is 3.61. The van der Waals surface area contributed by atoms with Crippen molar-refractivity contribution < 1.29 is 4.74 Å². The Morgan fingerprint density at radius 2 is 1.78 bits per heavy atom. The first-order valence-electron chi connectivity index (χ1n) is 5.38. The van der Waals surface area contributed by atoms with Crippen LogP contribution in [0.3, 0.4) is 0 Å². The smallest absolute Gasteiger partial charge is 0.154 e. The van der Waals surface area contributed by atoms with Gasteiger partial charge in [0.05, 0.1) is 17.8 Å². The van der Waals surface area contributed by atoms with Gasteiger partial charge < -0.3 is 4.74 Å². The van der Waals surface area contributed by atoms with Crippen LogP contribution in [0.5, 0.6) is 5.75 Å². The average Bonchev–Trinajstić information content (AvgIpc) is 2.37. The van der Waals surface area contributed by atoms with Gasteiger partial charge in [-0.2, -0.15) is 0 Å². The van der Waals surface area contributed by atoms with Gasteiger partial charge in [0.25, 0.3) is 0 Å². The van der Waals surface area contributed by atoms with Crippen LogP contribution in [0.2, 0.25) is 10.2 Å². The highest BCUT2D eigenvalue weighted by molar-refractivity contribution is 6.32. The van der Waals surface area contributed by atoms with E-state index < -0.39 is 0 Å². The van der Waals surface area contributed by atoms with Crippen molar-refractivity contribution in [1.29, 1.82) is 0 Å². The van der Waals surface area contributed by atoms with E-state index in [2.05, 4.69) is 10.2 Å². The molecule has 2 aromatic rings. The van der Waals surface area contributed by atoms with Crippen LogP contribution in [0, 0.1) is 13.8 Å². The predicted molar refractivity (Wildman–Crippen MR) is 73.5 cm³/mol. The van der Waals surface area contributed by atoms with Gasteiger partial charge in [-0.3, -0.25) is 0 Å². The average molecular weight is 283 g/mol. The molecule has 1 aromatic carbocycles. The molecule has 0 saturated carbocycles. The number of rotatable bonds is 2. The molecule has 5 heteroatoms. The number of halogens is 2. The van der Waals surface area contributed by atoms with E-state index in [1.165, 1.54) is 0 Å². The first-order valence-corrected chi connectivity index (χ1v) is 6.13. The maximum Gasteiger partial charge on any atom is 0.154 e. The molecule has 0 fully saturated rings. The Kier molecular flexibility index (Phi) is 3.73. The largest absolute Gasteiger partial charge is 0.495 e. The lowest BCUT2D eigenvalue weighted by molar-refractivity contribution is 0.415. The van der Waals surface area contributed by atoms with Gasteiger partial charge >= 0.3 is 0 Å². The molecule has 0 aliphatic rings. The second-order valence-electron chi connectivity index (χ2n) is 3.94.